The Labute approximate surface area is 141 Å². The lowest BCUT2D eigenvalue weighted by molar-refractivity contribution is 0.175. The van der Waals surface area contributed by atoms with E-state index in [-0.39, 0.29) is 12.5 Å². The summed E-state index contributed by atoms with van der Waals surface area (Å²) in [5, 5.41) is 15.4. The summed E-state index contributed by atoms with van der Waals surface area (Å²) in [4.78, 5) is 21.9. The van der Waals surface area contributed by atoms with Gasteiger partial charge in [-0.05, 0) is 25.5 Å². The molecule has 24 heavy (non-hydrogen) atoms. The lowest BCUT2D eigenvalue weighted by atomic mass is 10.0. The van der Waals surface area contributed by atoms with Gasteiger partial charge in [0.05, 0.1) is 6.10 Å². The van der Waals surface area contributed by atoms with Crippen molar-refractivity contribution in [3.63, 3.8) is 0 Å². The first-order valence-corrected chi connectivity index (χ1v) is 7.66. The molecule has 3 N–H and O–H groups in total. The maximum Gasteiger partial charge on any atom is 0.321 e. The molecule has 1 atom stereocenters. The van der Waals surface area contributed by atoms with Crippen LogP contribution in [0.1, 0.15) is 22.8 Å². The number of benzene rings is 1. The highest BCUT2D eigenvalue weighted by molar-refractivity contribution is 5.87. The van der Waals surface area contributed by atoms with Crippen LogP contribution in [-0.4, -0.2) is 41.7 Å². The molecule has 2 amide bonds. The molecule has 1 heterocycles. The van der Waals surface area contributed by atoms with Crippen LogP contribution in [0, 0.1) is 13.8 Å². The summed E-state index contributed by atoms with van der Waals surface area (Å²) in [6.07, 6.45) is 0.797. The molecule has 2 rings (SSSR count). The maximum atomic E-state index is 11.9. The summed E-state index contributed by atoms with van der Waals surface area (Å²) in [5.41, 5.74) is 2.92. The fourth-order valence-electron chi connectivity index (χ4n) is 2.31. The number of amides is 2. The fourth-order valence-corrected chi connectivity index (χ4v) is 2.31. The molecule has 0 unspecified atom stereocenters. The second kappa shape index (κ2) is 7.74. The van der Waals surface area contributed by atoms with Gasteiger partial charge < -0.3 is 15.3 Å². The van der Waals surface area contributed by atoms with Crippen molar-refractivity contribution >= 4 is 17.8 Å². The van der Waals surface area contributed by atoms with Crippen LogP contribution in [0.2, 0.25) is 0 Å². The molecule has 0 radical (unpaired) electrons. The fraction of sp³-hybridized carbons (Fsp3) is 0.353. The van der Waals surface area contributed by atoms with Gasteiger partial charge in [0.25, 0.3) is 0 Å². The normalized spacial score (nSPS) is 11.7. The Kier molecular flexibility index (Phi) is 5.70. The SMILES string of the molecule is Cc1cc(C)cc([C@@H](O)CNC(=O)Nc2nccc(N(C)C)n2)c1. The molecule has 7 heteroatoms. The molecule has 0 spiro atoms. The second-order valence-corrected chi connectivity index (χ2v) is 5.90. The van der Waals surface area contributed by atoms with Crippen LogP contribution in [-0.2, 0) is 0 Å². The zero-order valence-electron chi connectivity index (χ0n) is 14.4. The highest BCUT2D eigenvalue weighted by Gasteiger charge is 2.11. The number of hydrogen-bond donors (Lipinski definition) is 3. The molecule has 0 fully saturated rings. The Morgan fingerprint density at radius 3 is 2.54 bits per heavy atom. The molecular formula is C17H23N5O2. The van der Waals surface area contributed by atoms with E-state index in [0.717, 1.165) is 16.7 Å². The van der Waals surface area contributed by atoms with Gasteiger partial charge in [-0.2, -0.15) is 4.98 Å². The van der Waals surface area contributed by atoms with Crippen LogP contribution < -0.4 is 15.5 Å². The molecule has 0 aliphatic rings. The molecular weight excluding hydrogens is 306 g/mol. The summed E-state index contributed by atoms with van der Waals surface area (Å²) < 4.78 is 0. The Hall–Kier alpha value is -2.67. The first-order valence-electron chi connectivity index (χ1n) is 7.66. The zero-order chi connectivity index (χ0) is 17.7. The lowest BCUT2D eigenvalue weighted by Crippen LogP contribution is -2.33. The number of rotatable bonds is 5. The number of aliphatic hydroxyl groups is 1. The van der Waals surface area contributed by atoms with E-state index in [9.17, 15) is 9.90 Å². The number of urea groups is 1. The predicted octanol–water partition coefficient (Wildman–Crippen LogP) is 2.01. The number of nitrogens with one attached hydrogen (secondary N) is 2. The number of aryl methyl sites for hydroxylation is 2. The zero-order valence-corrected chi connectivity index (χ0v) is 14.4. The Balaban J connectivity index is 1.92. The van der Waals surface area contributed by atoms with Crippen LogP contribution in [0.15, 0.2) is 30.5 Å². The summed E-state index contributed by atoms with van der Waals surface area (Å²) in [6, 6.07) is 7.12. The van der Waals surface area contributed by atoms with Gasteiger partial charge in [-0.25, -0.2) is 9.78 Å². The van der Waals surface area contributed by atoms with Crippen molar-refractivity contribution in [3.05, 3.63) is 47.2 Å². The van der Waals surface area contributed by atoms with E-state index in [1.807, 2.05) is 51.0 Å². The van der Waals surface area contributed by atoms with Crippen LogP contribution in [0.5, 0.6) is 0 Å². The first kappa shape index (κ1) is 17.7. The Bertz CT molecular complexity index is 698. The maximum absolute atomic E-state index is 11.9. The monoisotopic (exact) mass is 329 g/mol. The van der Waals surface area contributed by atoms with Gasteiger partial charge in [0, 0.05) is 26.8 Å². The molecule has 0 aliphatic heterocycles. The van der Waals surface area contributed by atoms with Crippen molar-refractivity contribution in [2.24, 2.45) is 0 Å². The van der Waals surface area contributed by atoms with Gasteiger partial charge in [-0.15, -0.1) is 0 Å². The van der Waals surface area contributed by atoms with Gasteiger partial charge >= 0.3 is 6.03 Å². The van der Waals surface area contributed by atoms with Crippen molar-refractivity contribution < 1.29 is 9.90 Å². The minimum atomic E-state index is -0.775. The van der Waals surface area contributed by atoms with Crippen molar-refractivity contribution in [3.8, 4) is 0 Å². The molecule has 1 aromatic carbocycles. The van der Waals surface area contributed by atoms with Gasteiger partial charge in [0.2, 0.25) is 5.95 Å². The van der Waals surface area contributed by atoms with Crippen LogP contribution in [0.4, 0.5) is 16.6 Å². The molecule has 2 aromatic rings. The van der Waals surface area contributed by atoms with Crippen molar-refractivity contribution in [2.45, 2.75) is 20.0 Å². The molecule has 7 nitrogen and oxygen atoms in total. The largest absolute Gasteiger partial charge is 0.387 e. The summed E-state index contributed by atoms with van der Waals surface area (Å²) in [6.45, 7) is 4.04. The highest BCUT2D eigenvalue weighted by atomic mass is 16.3. The van der Waals surface area contributed by atoms with Gasteiger partial charge in [0.15, 0.2) is 0 Å². The van der Waals surface area contributed by atoms with Crippen molar-refractivity contribution in [2.75, 3.05) is 30.9 Å². The minimum Gasteiger partial charge on any atom is -0.387 e. The minimum absolute atomic E-state index is 0.0993. The number of nitrogens with zero attached hydrogens (tertiary/aromatic N) is 3. The van der Waals surface area contributed by atoms with E-state index in [2.05, 4.69) is 20.6 Å². The number of hydrogen-bond acceptors (Lipinski definition) is 5. The molecule has 0 saturated heterocycles. The lowest BCUT2D eigenvalue weighted by Gasteiger charge is -2.15. The van der Waals surface area contributed by atoms with Crippen LogP contribution in [0.3, 0.4) is 0 Å². The van der Waals surface area contributed by atoms with E-state index in [1.54, 1.807) is 12.3 Å². The second-order valence-electron chi connectivity index (χ2n) is 5.90. The number of aliphatic hydroxyl groups excluding tert-OH is 1. The average molecular weight is 329 g/mol. The molecule has 0 aliphatic carbocycles. The molecule has 0 bridgehead atoms. The van der Waals surface area contributed by atoms with E-state index >= 15 is 0 Å². The van der Waals surface area contributed by atoms with Crippen LogP contribution >= 0.6 is 0 Å². The standard InChI is InChI=1S/C17H23N5O2/c1-11-7-12(2)9-13(8-11)14(23)10-19-17(24)21-16-18-6-5-15(20-16)22(3)4/h5-9,14,23H,10H2,1-4H3,(H2,18,19,20,21,24)/t14-/m0/s1. The van der Waals surface area contributed by atoms with Crippen LogP contribution in [0.25, 0.3) is 0 Å². The summed E-state index contributed by atoms with van der Waals surface area (Å²) in [7, 11) is 3.71. The average Bonchev–Trinajstić information content (AvgIpc) is 2.52. The van der Waals surface area contributed by atoms with E-state index in [1.165, 1.54) is 0 Å². The Morgan fingerprint density at radius 1 is 1.25 bits per heavy atom. The third-order valence-corrected chi connectivity index (χ3v) is 3.41. The number of aromatic nitrogens is 2. The smallest absolute Gasteiger partial charge is 0.321 e. The first-order chi connectivity index (χ1) is 11.3. The third-order valence-electron chi connectivity index (χ3n) is 3.41. The molecule has 1 aromatic heterocycles. The number of anilines is 2. The third kappa shape index (κ3) is 4.92. The van der Waals surface area contributed by atoms with E-state index in [0.29, 0.717) is 5.82 Å². The number of carbonyl (C=O) groups excluding carboxylic acids is 1. The van der Waals surface area contributed by atoms with Crippen molar-refractivity contribution in [1.82, 2.24) is 15.3 Å². The number of carbonyl (C=O) groups is 1. The highest BCUT2D eigenvalue weighted by Crippen LogP contribution is 2.16. The topological polar surface area (TPSA) is 90.4 Å². The van der Waals surface area contributed by atoms with E-state index in [4.69, 9.17) is 0 Å². The van der Waals surface area contributed by atoms with Gasteiger partial charge in [-0.3, -0.25) is 5.32 Å². The molecule has 0 saturated carbocycles. The summed E-state index contributed by atoms with van der Waals surface area (Å²) >= 11 is 0. The predicted molar refractivity (Wildman–Crippen MR) is 94.3 cm³/mol. The van der Waals surface area contributed by atoms with Gasteiger partial charge in [0.1, 0.15) is 5.82 Å². The van der Waals surface area contributed by atoms with E-state index < -0.39 is 12.1 Å². The summed E-state index contributed by atoms with van der Waals surface area (Å²) in [5.74, 6) is 0.898. The van der Waals surface area contributed by atoms with Gasteiger partial charge in [-0.1, -0.05) is 29.3 Å². The molecule has 128 valence electrons. The quantitative estimate of drug-likeness (QED) is 0.781. The Morgan fingerprint density at radius 2 is 1.92 bits per heavy atom. The van der Waals surface area contributed by atoms with Crippen molar-refractivity contribution in [1.29, 1.82) is 0 Å².